The molecule has 0 N–H and O–H groups in total. The number of likely N-dealkylation sites (N-methyl/N-ethyl adjacent to an activating group) is 1. The predicted octanol–water partition coefficient (Wildman–Crippen LogP) is 3.84. The highest BCUT2D eigenvalue weighted by Crippen LogP contribution is 2.36. The summed E-state index contributed by atoms with van der Waals surface area (Å²) in [6.45, 7) is 5.41. The van der Waals surface area contributed by atoms with E-state index in [-0.39, 0.29) is 6.17 Å². The van der Waals surface area contributed by atoms with Crippen LogP contribution in [0.15, 0.2) is 48.5 Å². The molecule has 0 saturated heterocycles. The van der Waals surface area contributed by atoms with E-state index in [1.165, 1.54) is 16.9 Å². The van der Waals surface area contributed by atoms with Gasteiger partial charge in [0.2, 0.25) is 0 Å². The van der Waals surface area contributed by atoms with Crippen molar-refractivity contribution in [1.82, 2.24) is 5.32 Å². The van der Waals surface area contributed by atoms with Crippen LogP contribution in [0.25, 0.3) is 0 Å². The van der Waals surface area contributed by atoms with Crippen molar-refractivity contribution >= 4 is 28.8 Å². The van der Waals surface area contributed by atoms with Crippen LogP contribution in [0.3, 0.4) is 0 Å². The molecular formula is C19H22N3S. The first kappa shape index (κ1) is 14.8. The van der Waals surface area contributed by atoms with Gasteiger partial charge in [-0.3, -0.25) is 5.32 Å². The standard InChI is InChI=1S/C19H22N3S/c1-2-21-11-12-22(18-10-6-5-9-17(18)21)19-14-23-13-15-7-3-4-8-16(15)20-19/h3-10,19H,2,11-14H2,1H3. The second-order valence-corrected chi connectivity index (χ2v) is 7.05. The van der Waals surface area contributed by atoms with Gasteiger partial charge < -0.3 is 9.80 Å². The van der Waals surface area contributed by atoms with Crippen LogP contribution in [-0.4, -0.2) is 31.6 Å². The van der Waals surface area contributed by atoms with Gasteiger partial charge in [0.25, 0.3) is 0 Å². The molecule has 0 spiro atoms. The Morgan fingerprint density at radius 1 is 1.04 bits per heavy atom. The van der Waals surface area contributed by atoms with Crippen LogP contribution in [0.2, 0.25) is 0 Å². The molecule has 0 fully saturated rings. The predicted molar refractivity (Wildman–Crippen MR) is 99.9 cm³/mol. The summed E-state index contributed by atoms with van der Waals surface area (Å²) in [6, 6.07) is 17.3. The summed E-state index contributed by atoms with van der Waals surface area (Å²) < 4.78 is 0. The number of anilines is 2. The van der Waals surface area contributed by atoms with E-state index in [0.717, 1.165) is 36.8 Å². The van der Waals surface area contributed by atoms with Crippen molar-refractivity contribution in [3.8, 4) is 0 Å². The van der Waals surface area contributed by atoms with Gasteiger partial charge in [-0.05, 0) is 30.7 Å². The number of hydrogen-bond donors (Lipinski definition) is 0. The van der Waals surface area contributed by atoms with Crippen LogP contribution in [0, 0.1) is 0 Å². The average Bonchev–Trinajstić information content (AvgIpc) is 2.83. The zero-order chi connectivity index (χ0) is 15.6. The second kappa shape index (κ2) is 6.36. The Kier molecular flexibility index (Phi) is 4.08. The van der Waals surface area contributed by atoms with Crippen LogP contribution in [0.5, 0.6) is 0 Å². The van der Waals surface area contributed by atoms with E-state index in [4.69, 9.17) is 5.32 Å². The summed E-state index contributed by atoms with van der Waals surface area (Å²) in [5, 5.41) is 5.10. The topological polar surface area (TPSA) is 20.6 Å². The Morgan fingerprint density at radius 2 is 1.83 bits per heavy atom. The molecule has 2 aliphatic rings. The van der Waals surface area contributed by atoms with Gasteiger partial charge in [0, 0.05) is 31.1 Å². The normalized spacial score (nSPS) is 20.3. The lowest BCUT2D eigenvalue weighted by Gasteiger charge is -2.41. The zero-order valence-corrected chi connectivity index (χ0v) is 14.3. The number of thioether (sulfide) groups is 1. The Morgan fingerprint density at radius 3 is 2.70 bits per heavy atom. The van der Waals surface area contributed by atoms with Crippen molar-refractivity contribution in [3.63, 3.8) is 0 Å². The van der Waals surface area contributed by atoms with Crippen molar-refractivity contribution in [1.29, 1.82) is 0 Å². The third kappa shape index (κ3) is 2.76. The van der Waals surface area contributed by atoms with E-state index >= 15 is 0 Å². The van der Waals surface area contributed by atoms with E-state index in [0.29, 0.717) is 0 Å². The molecule has 3 nitrogen and oxygen atoms in total. The summed E-state index contributed by atoms with van der Waals surface area (Å²) in [4.78, 5) is 4.96. The van der Waals surface area contributed by atoms with Crippen molar-refractivity contribution in [3.05, 3.63) is 54.1 Å². The molecule has 119 valence electrons. The minimum Gasteiger partial charge on any atom is -0.368 e. The Hall–Kier alpha value is -1.81. The van der Waals surface area contributed by atoms with Crippen LogP contribution in [-0.2, 0) is 5.75 Å². The molecule has 0 aliphatic carbocycles. The van der Waals surface area contributed by atoms with Crippen molar-refractivity contribution in [2.75, 3.05) is 35.2 Å². The molecular weight excluding hydrogens is 302 g/mol. The average molecular weight is 324 g/mol. The molecule has 2 aromatic rings. The number of nitrogens with zero attached hydrogens (tertiary/aromatic N) is 3. The molecule has 0 amide bonds. The van der Waals surface area contributed by atoms with Crippen LogP contribution >= 0.6 is 11.8 Å². The fraction of sp³-hybridized carbons (Fsp3) is 0.368. The SMILES string of the molecule is CCN1CCN(C2CSCc3ccccc3[N]2)c2ccccc21. The van der Waals surface area contributed by atoms with E-state index in [9.17, 15) is 0 Å². The number of fused-ring (bicyclic) bond motifs is 2. The fourth-order valence-electron chi connectivity index (χ4n) is 3.47. The summed E-state index contributed by atoms with van der Waals surface area (Å²) in [7, 11) is 0. The Labute approximate surface area is 142 Å². The maximum Gasteiger partial charge on any atom is 0.131 e. The number of benzene rings is 2. The van der Waals surface area contributed by atoms with Crippen molar-refractivity contribution < 1.29 is 0 Å². The smallest absolute Gasteiger partial charge is 0.131 e. The monoisotopic (exact) mass is 324 g/mol. The quantitative estimate of drug-likeness (QED) is 0.837. The molecule has 0 bridgehead atoms. The van der Waals surface area contributed by atoms with Gasteiger partial charge in [-0.25, -0.2) is 0 Å². The summed E-state index contributed by atoms with van der Waals surface area (Å²) in [5.74, 6) is 2.11. The number of para-hydroxylation sites is 3. The van der Waals surface area contributed by atoms with Gasteiger partial charge in [0.1, 0.15) is 6.17 Å². The largest absolute Gasteiger partial charge is 0.368 e. The molecule has 1 radical (unpaired) electrons. The van der Waals surface area contributed by atoms with Crippen molar-refractivity contribution in [2.45, 2.75) is 18.8 Å². The zero-order valence-electron chi connectivity index (χ0n) is 13.5. The van der Waals surface area contributed by atoms with Gasteiger partial charge in [-0.2, -0.15) is 11.8 Å². The van der Waals surface area contributed by atoms with Crippen LogP contribution in [0.4, 0.5) is 17.1 Å². The molecule has 4 heteroatoms. The second-order valence-electron chi connectivity index (χ2n) is 6.02. The molecule has 23 heavy (non-hydrogen) atoms. The van der Waals surface area contributed by atoms with Gasteiger partial charge >= 0.3 is 0 Å². The molecule has 0 aromatic heterocycles. The van der Waals surface area contributed by atoms with Crippen LogP contribution in [0.1, 0.15) is 12.5 Å². The first-order valence-electron chi connectivity index (χ1n) is 8.34. The maximum atomic E-state index is 5.10. The van der Waals surface area contributed by atoms with Crippen molar-refractivity contribution in [2.24, 2.45) is 0 Å². The molecule has 2 heterocycles. The van der Waals surface area contributed by atoms with E-state index in [1.54, 1.807) is 0 Å². The minimum absolute atomic E-state index is 0.226. The molecule has 1 unspecified atom stereocenters. The molecule has 1 atom stereocenters. The summed E-state index contributed by atoms with van der Waals surface area (Å²) in [6.07, 6.45) is 0.226. The van der Waals surface area contributed by atoms with Crippen LogP contribution < -0.4 is 15.1 Å². The molecule has 0 saturated carbocycles. The first-order valence-corrected chi connectivity index (χ1v) is 9.49. The maximum absolute atomic E-state index is 5.10. The van der Waals surface area contributed by atoms with Gasteiger partial charge in [0.15, 0.2) is 0 Å². The highest BCUT2D eigenvalue weighted by molar-refractivity contribution is 7.98. The molecule has 4 rings (SSSR count). The lowest BCUT2D eigenvalue weighted by molar-refractivity contribution is 0.572. The minimum atomic E-state index is 0.226. The third-order valence-electron chi connectivity index (χ3n) is 4.69. The molecule has 2 aromatic carbocycles. The molecule has 2 aliphatic heterocycles. The fourth-order valence-corrected chi connectivity index (χ4v) is 4.52. The highest BCUT2D eigenvalue weighted by atomic mass is 32.2. The highest BCUT2D eigenvalue weighted by Gasteiger charge is 2.29. The number of hydrogen-bond acceptors (Lipinski definition) is 3. The van der Waals surface area contributed by atoms with Gasteiger partial charge in [-0.15, -0.1) is 0 Å². The van der Waals surface area contributed by atoms with E-state index in [2.05, 4.69) is 65.3 Å². The van der Waals surface area contributed by atoms with E-state index in [1.807, 2.05) is 11.8 Å². The summed E-state index contributed by atoms with van der Waals surface area (Å²) in [5.41, 5.74) is 5.20. The lowest BCUT2D eigenvalue weighted by atomic mass is 10.1. The Balaban J connectivity index is 1.66. The lowest BCUT2D eigenvalue weighted by Crippen LogP contribution is -2.49. The van der Waals surface area contributed by atoms with Gasteiger partial charge in [0.05, 0.1) is 17.1 Å². The summed E-state index contributed by atoms with van der Waals surface area (Å²) >= 11 is 1.99. The Bertz CT molecular complexity index is 688. The third-order valence-corrected chi connectivity index (χ3v) is 5.74. The number of rotatable bonds is 2. The van der Waals surface area contributed by atoms with Gasteiger partial charge in [-0.1, -0.05) is 30.3 Å². The first-order chi connectivity index (χ1) is 11.4. The van der Waals surface area contributed by atoms with E-state index < -0.39 is 0 Å².